The molecule has 0 saturated carbocycles. The smallest absolute Gasteiger partial charge is 0.416 e. The summed E-state index contributed by atoms with van der Waals surface area (Å²) in [5.74, 6) is 0.974. The molecule has 0 saturated heterocycles. The SMILES string of the molecule is Bc1csc(C(=O)Nc2ccc(Oc3ccc(C(F)(F)F)cc3)cc2)c1OC. The number of ether oxygens (including phenoxy) is 2. The van der Waals surface area contributed by atoms with E-state index in [1.807, 2.05) is 13.2 Å². The van der Waals surface area contributed by atoms with Crippen LogP contribution in [0.1, 0.15) is 15.2 Å². The second-order valence-electron chi connectivity index (χ2n) is 5.88. The molecule has 4 nitrogen and oxygen atoms in total. The zero-order valence-corrected chi connectivity index (χ0v) is 15.8. The first-order valence-electron chi connectivity index (χ1n) is 8.16. The minimum atomic E-state index is -4.39. The standard InChI is InChI=1S/C19H15BF3NO3S/c1-26-16-15(20)10-28-17(16)18(25)24-12-4-8-14(9-5-12)27-13-6-2-11(3-7-13)19(21,22)23/h2-10H,20H2,1H3,(H,24,25). The van der Waals surface area contributed by atoms with Crippen molar-refractivity contribution in [3.05, 3.63) is 64.4 Å². The third kappa shape index (κ3) is 4.48. The van der Waals surface area contributed by atoms with Gasteiger partial charge in [-0.3, -0.25) is 4.79 Å². The topological polar surface area (TPSA) is 47.6 Å². The third-order valence-electron chi connectivity index (χ3n) is 3.86. The lowest BCUT2D eigenvalue weighted by Crippen LogP contribution is -2.13. The number of amides is 1. The van der Waals surface area contributed by atoms with Crippen molar-refractivity contribution in [2.75, 3.05) is 12.4 Å². The van der Waals surface area contributed by atoms with E-state index < -0.39 is 11.7 Å². The first kappa shape index (κ1) is 19.8. The number of carbonyl (C=O) groups is 1. The van der Waals surface area contributed by atoms with Crippen molar-refractivity contribution < 1.29 is 27.4 Å². The van der Waals surface area contributed by atoms with E-state index in [1.165, 1.54) is 30.6 Å². The molecule has 0 unspecified atom stereocenters. The molecule has 3 rings (SSSR count). The average Bonchev–Trinajstić information content (AvgIpc) is 3.04. The Morgan fingerprint density at radius 1 is 1.04 bits per heavy atom. The lowest BCUT2D eigenvalue weighted by molar-refractivity contribution is -0.137. The van der Waals surface area contributed by atoms with Gasteiger partial charge < -0.3 is 14.8 Å². The van der Waals surface area contributed by atoms with Crippen LogP contribution in [0.4, 0.5) is 18.9 Å². The number of carbonyl (C=O) groups excluding carboxylic acids is 1. The Balaban J connectivity index is 1.65. The molecule has 2 aromatic carbocycles. The molecule has 0 radical (unpaired) electrons. The molecule has 144 valence electrons. The van der Waals surface area contributed by atoms with Crippen LogP contribution in [0.2, 0.25) is 0 Å². The highest BCUT2D eigenvalue weighted by Crippen LogP contribution is 2.31. The predicted molar refractivity (Wildman–Crippen MR) is 105 cm³/mol. The normalized spacial score (nSPS) is 11.1. The van der Waals surface area contributed by atoms with Gasteiger partial charge in [0.25, 0.3) is 5.91 Å². The summed E-state index contributed by atoms with van der Waals surface area (Å²) >= 11 is 1.29. The van der Waals surface area contributed by atoms with E-state index in [9.17, 15) is 18.0 Å². The van der Waals surface area contributed by atoms with Crippen LogP contribution in [0.5, 0.6) is 17.2 Å². The quantitative estimate of drug-likeness (QED) is 0.651. The zero-order chi connectivity index (χ0) is 20.3. The van der Waals surface area contributed by atoms with E-state index in [2.05, 4.69) is 5.32 Å². The summed E-state index contributed by atoms with van der Waals surface area (Å²) in [5.41, 5.74) is 0.702. The number of alkyl halides is 3. The maximum absolute atomic E-state index is 12.6. The summed E-state index contributed by atoms with van der Waals surface area (Å²) in [6, 6.07) is 10.9. The summed E-state index contributed by atoms with van der Waals surface area (Å²) in [7, 11) is 3.37. The van der Waals surface area contributed by atoms with Crippen molar-refractivity contribution in [1.82, 2.24) is 0 Å². The van der Waals surface area contributed by atoms with Crippen molar-refractivity contribution >= 4 is 36.2 Å². The van der Waals surface area contributed by atoms with Crippen molar-refractivity contribution in [1.29, 1.82) is 0 Å². The van der Waals surface area contributed by atoms with Gasteiger partial charge in [-0.2, -0.15) is 13.2 Å². The van der Waals surface area contributed by atoms with E-state index in [0.29, 0.717) is 22.1 Å². The Morgan fingerprint density at radius 2 is 1.61 bits per heavy atom. The number of methoxy groups -OCH3 is 1. The van der Waals surface area contributed by atoms with E-state index in [4.69, 9.17) is 9.47 Å². The highest BCUT2D eigenvalue weighted by molar-refractivity contribution is 7.13. The molecule has 0 spiro atoms. The van der Waals surface area contributed by atoms with Crippen LogP contribution in [0.15, 0.2) is 53.9 Å². The van der Waals surface area contributed by atoms with Gasteiger partial charge in [-0.15, -0.1) is 11.3 Å². The van der Waals surface area contributed by atoms with Crippen molar-refractivity contribution in [3.63, 3.8) is 0 Å². The first-order valence-corrected chi connectivity index (χ1v) is 9.04. The molecule has 28 heavy (non-hydrogen) atoms. The van der Waals surface area contributed by atoms with E-state index >= 15 is 0 Å². The summed E-state index contributed by atoms with van der Waals surface area (Å²) in [6.07, 6.45) is -4.39. The number of rotatable bonds is 5. The molecule has 0 aliphatic heterocycles. The van der Waals surface area contributed by atoms with Crippen LogP contribution in [0.25, 0.3) is 0 Å². The second kappa shape index (κ2) is 7.98. The van der Waals surface area contributed by atoms with Crippen molar-refractivity contribution in [2.45, 2.75) is 6.18 Å². The molecular formula is C19H15BF3NO3S. The number of benzene rings is 2. The number of nitrogens with one attached hydrogen (secondary N) is 1. The van der Waals surface area contributed by atoms with E-state index in [1.54, 1.807) is 24.3 Å². The van der Waals surface area contributed by atoms with E-state index in [-0.39, 0.29) is 11.7 Å². The van der Waals surface area contributed by atoms with Gasteiger partial charge in [0.1, 0.15) is 30.0 Å². The van der Waals surface area contributed by atoms with Gasteiger partial charge in [0.05, 0.1) is 12.7 Å². The van der Waals surface area contributed by atoms with Gasteiger partial charge in [0.15, 0.2) is 0 Å². The van der Waals surface area contributed by atoms with E-state index in [0.717, 1.165) is 17.6 Å². The fourth-order valence-corrected chi connectivity index (χ4v) is 3.40. The predicted octanol–water partition coefficient (Wildman–Crippen LogP) is 4.08. The molecule has 1 N–H and O–H groups in total. The Morgan fingerprint density at radius 3 is 2.14 bits per heavy atom. The number of anilines is 1. The van der Waals surface area contributed by atoms with Gasteiger partial charge in [-0.05, 0) is 59.4 Å². The molecule has 0 aliphatic rings. The van der Waals surface area contributed by atoms with Crippen LogP contribution in [0, 0.1) is 0 Å². The molecule has 1 amide bonds. The fraction of sp³-hybridized carbons (Fsp3) is 0.105. The van der Waals surface area contributed by atoms with Gasteiger partial charge in [0, 0.05) is 5.69 Å². The molecule has 1 aromatic heterocycles. The average molecular weight is 405 g/mol. The van der Waals surface area contributed by atoms with Crippen LogP contribution in [0.3, 0.4) is 0 Å². The minimum absolute atomic E-state index is 0.281. The Kier molecular flexibility index (Phi) is 5.64. The summed E-state index contributed by atoms with van der Waals surface area (Å²) in [6.45, 7) is 0. The van der Waals surface area contributed by atoms with Gasteiger partial charge in [-0.1, -0.05) is 0 Å². The molecule has 0 aliphatic carbocycles. The van der Waals surface area contributed by atoms with Crippen molar-refractivity contribution in [3.8, 4) is 17.2 Å². The van der Waals surface area contributed by atoms with Crippen LogP contribution in [-0.4, -0.2) is 20.9 Å². The summed E-state index contributed by atoms with van der Waals surface area (Å²) < 4.78 is 48.5. The van der Waals surface area contributed by atoms with Crippen LogP contribution >= 0.6 is 11.3 Å². The highest BCUT2D eigenvalue weighted by Gasteiger charge is 2.30. The number of hydrogen-bond acceptors (Lipinski definition) is 4. The first-order chi connectivity index (χ1) is 13.3. The highest BCUT2D eigenvalue weighted by atomic mass is 32.1. The lowest BCUT2D eigenvalue weighted by atomic mass is 9.99. The lowest BCUT2D eigenvalue weighted by Gasteiger charge is -2.10. The van der Waals surface area contributed by atoms with Gasteiger partial charge in [0.2, 0.25) is 0 Å². The molecule has 0 fully saturated rings. The summed E-state index contributed by atoms with van der Waals surface area (Å²) in [5, 5.41) is 4.61. The number of hydrogen-bond donors (Lipinski definition) is 1. The molecule has 0 atom stereocenters. The molecule has 0 bridgehead atoms. The molecular weight excluding hydrogens is 390 g/mol. The second-order valence-corrected chi connectivity index (χ2v) is 6.76. The Hall–Kier alpha value is -2.94. The summed E-state index contributed by atoms with van der Waals surface area (Å²) in [4.78, 5) is 12.9. The third-order valence-corrected chi connectivity index (χ3v) is 4.94. The maximum Gasteiger partial charge on any atom is 0.416 e. The van der Waals surface area contributed by atoms with Crippen LogP contribution < -0.4 is 20.3 Å². The fourth-order valence-electron chi connectivity index (χ4n) is 2.49. The number of halogens is 3. The number of thiophene rings is 1. The van der Waals surface area contributed by atoms with Gasteiger partial charge >= 0.3 is 6.18 Å². The molecule has 1 heterocycles. The maximum atomic E-state index is 12.6. The minimum Gasteiger partial charge on any atom is -0.496 e. The molecule has 3 aromatic rings. The Bertz CT molecular complexity index is 970. The van der Waals surface area contributed by atoms with Crippen molar-refractivity contribution in [2.24, 2.45) is 0 Å². The monoisotopic (exact) mass is 405 g/mol. The largest absolute Gasteiger partial charge is 0.496 e. The van der Waals surface area contributed by atoms with Gasteiger partial charge in [-0.25, -0.2) is 0 Å². The Labute approximate surface area is 164 Å². The zero-order valence-electron chi connectivity index (χ0n) is 15.0. The van der Waals surface area contributed by atoms with Crippen LogP contribution in [-0.2, 0) is 6.18 Å². The molecule has 9 heteroatoms.